The van der Waals surface area contributed by atoms with E-state index in [0.29, 0.717) is 47.8 Å². The van der Waals surface area contributed by atoms with Gasteiger partial charge in [0.25, 0.3) is 0 Å². The first-order valence-corrected chi connectivity index (χ1v) is 7.09. The molecule has 0 bridgehead atoms. The highest BCUT2D eigenvalue weighted by Crippen LogP contribution is 2.26. The van der Waals surface area contributed by atoms with Crippen molar-refractivity contribution in [2.75, 3.05) is 6.61 Å². The lowest BCUT2D eigenvalue weighted by Crippen LogP contribution is -2.01. The quantitative estimate of drug-likeness (QED) is 0.535. The highest BCUT2D eigenvalue weighted by atomic mass is 16.5. The summed E-state index contributed by atoms with van der Waals surface area (Å²) >= 11 is 0. The monoisotopic (exact) mass is 297 g/mol. The van der Waals surface area contributed by atoms with Crippen LogP contribution in [0.3, 0.4) is 0 Å². The van der Waals surface area contributed by atoms with Crippen LogP contribution in [0.15, 0.2) is 45.6 Å². The number of fused-ring (bicyclic) bond motifs is 2. The Morgan fingerprint density at radius 3 is 2.91 bits per heavy atom. The van der Waals surface area contributed by atoms with Gasteiger partial charge in [0.05, 0.1) is 6.61 Å². The molecule has 0 atom stereocenters. The van der Waals surface area contributed by atoms with Crippen molar-refractivity contribution < 1.29 is 13.9 Å². The molecule has 0 saturated carbocycles. The van der Waals surface area contributed by atoms with Gasteiger partial charge in [-0.05, 0) is 37.6 Å². The molecule has 0 spiro atoms. The topological polar surface area (TPSA) is 69.4 Å². The number of aromatic nitrogens is 1. The number of Topliss-reactive ketones (excluding diaryl/α,β-unsaturated/α-hetero) is 1. The number of ketones is 1. The molecule has 5 nitrogen and oxygen atoms in total. The number of hydrogen-bond acceptors (Lipinski definition) is 5. The largest absolute Gasteiger partial charge is 0.493 e. The molecule has 3 rings (SSSR count). The van der Waals surface area contributed by atoms with Gasteiger partial charge in [-0.25, -0.2) is 4.98 Å². The van der Waals surface area contributed by atoms with E-state index >= 15 is 0 Å². The Morgan fingerprint density at radius 1 is 1.23 bits per heavy atom. The molecule has 0 N–H and O–H groups in total. The van der Waals surface area contributed by atoms with E-state index in [4.69, 9.17) is 9.15 Å². The molecule has 0 aromatic heterocycles. The van der Waals surface area contributed by atoms with Gasteiger partial charge in [-0.1, -0.05) is 0 Å². The standard InChI is InChI=1S/C17H15NO4/c1-11(19)3-2-8-21-13-5-7-15-17(10-13)22-16-9-12(20)4-6-14(16)18-15/h4-7,9-10H,2-3,8H2,1H3. The van der Waals surface area contributed by atoms with Crippen LogP contribution < -0.4 is 10.2 Å². The summed E-state index contributed by atoms with van der Waals surface area (Å²) in [5.41, 5.74) is 1.78. The fraction of sp³-hybridized carbons (Fsp3) is 0.235. The lowest BCUT2D eigenvalue weighted by atomic mass is 10.2. The molecule has 0 saturated heterocycles. The fourth-order valence-electron chi connectivity index (χ4n) is 2.19. The van der Waals surface area contributed by atoms with Crippen molar-refractivity contribution in [3.8, 4) is 17.2 Å². The Kier molecular flexibility index (Phi) is 3.87. The van der Waals surface area contributed by atoms with Crippen LogP contribution in [-0.2, 0) is 4.79 Å². The smallest absolute Gasteiger partial charge is 0.182 e. The van der Waals surface area contributed by atoms with E-state index in [9.17, 15) is 9.59 Å². The summed E-state index contributed by atoms with van der Waals surface area (Å²) in [6.45, 7) is 2.03. The second-order valence-electron chi connectivity index (χ2n) is 5.13. The summed E-state index contributed by atoms with van der Waals surface area (Å²) in [6, 6.07) is 9.89. The van der Waals surface area contributed by atoms with E-state index in [1.165, 1.54) is 12.1 Å². The minimum Gasteiger partial charge on any atom is -0.493 e. The van der Waals surface area contributed by atoms with Crippen LogP contribution in [0.2, 0.25) is 0 Å². The Morgan fingerprint density at radius 2 is 2.09 bits per heavy atom. The zero-order valence-corrected chi connectivity index (χ0v) is 12.2. The maximum atomic E-state index is 11.4. The van der Waals surface area contributed by atoms with Crippen molar-refractivity contribution in [2.24, 2.45) is 0 Å². The molecule has 1 aromatic carbocycles. The van der Waals surface area contributed by atoms with E-state index in [1.807, 2.05) is 12.1 Å². The van der Waals surface area contributed by atoms with Gasteiger partial charge in [-0.2, -0.15) is 0 Å². The summed E-state index contributed by atoms with van der Waals surface area (Å²) in [5, 5.41) is 0. The Labute approximate surface area is 126 Å². The summed E-state index contributed by atoms with van der Waals surface area (Å²) in [5.74, 6) is 1.26. The summed E-state index contributed by atoms with van der Waals surface area (Å²) in [7, 11) is 0. The lowest BCUT2D eigenvalue weighted by molar-refractivity contribution is -0.117. The lowest BCUT2D eigenvalue weighted by Gasteiger charge is -2.08. The Bertz CT molecular complexity index is 853. The summed E-state index contributed by atoms with van der Waals surface area (Å²) < 4.78 is 11.3. The second-order valence-corrected chi connectivity index (χ2v) is 5.13. The number of carbonyl (C=O) groups excluding carboxylic acids is 1. The van der Waals surface area contributed by atoms with Crippen molar-refractivity contribution in [3.05, 3.63) is 46.6 Å². The van der Waals surface area contributed by atoms with Crippen molar-refractivity contribution in [1.82, 2.24) is 4.98 Å². The van der Waals surface area contributed by atoms with Gasteiger partial charge < -0.3 is 13.9 Å². The molecule has 0 radical (unpaired) electrons. The third kappa shape index (κ3) is 3.14. The van der Waals surface area contributed by atoms with E-state index in [2.05, 4.69) is 4.98 Å². The number of nitrogens with zero attached hydrogens (tertiary/aromatic N) is 1. The molecule has 112 valence electrons. The molecule has 22 heavy (non-hydrogen) atoms. The van der Waals surface area contributed by atoms with Gasteiger partial charge in [0.2, 0.25) is 0 Å². The SMILES string of the molecule is CC(=O)CCCOc1ccc2nc3ccc(=O)cc-3oc2c1. The van der Waals surface area contributed by atoms with Crippen molar-refractivity contribution in [1.29, 1.82) is 0 Å². The number of ether oxygens (including phenoxy) is 1. The predicted octanol–water partition coefficient (Wildman–Crippen LogP) is 3.04. The van der Waals surface area contributed by atoms with Crippen LogP contribution in [0.4, 0.5) is 0 Å². The molecular formula is C17H15NO4. The Hall–Kier alpha value is -2.69. The molecular weight excluding hydrogens is 282 g/mol. The third-order valence-corrected chi connectivity index (χ3v) is 3.27. The zero-order chi connectivity index (χ0) is 15.5. The first-order valence-electron chi connectivity index (χ1n) is 7.09. The number of rotatable bonds is 5. The van der Waals surface area contributed by atoms with E-state index in [-0.39, 0.29) is 11.2 Å². The van der Waals surface area contributed by atoms with Crippen molar-refractivity contribution >= 4 is 16.9 Å². The van der Waals surface area contributed by atoms with Gasteiger partial charge in [0.1, 0.15) is 22.7 Å². The molecule has 0 fully saturated rings. The molecule has 1 aliphatic heterocycles. The minimum absolute atomic E-state index is 0.117. The molecule has 1 aromatic rings. The predicted molar refractivity (Wildman–Crippen MR) is 82.3 cm³/mol. The molecule has 1 aliphatic carbocycles. The molecule has 0 amide bonds. The molecule has 5 heteroatoms. The average Bonchev–Trinajstić information content (AvgIpc) is 2.49. The van der Waals surface area contributed by atoms with E-state index in [0.717, 1.165) is 0 Å². The van der Waals surface area contributed by atoms with E-state index < -0.39 is 0 Å². The molecule has 0 unspecified atom stereocenters. The van der Waals surface area contributed by atoms with Crippen LogP contribution in [0.5, 0.6) is 5.75 Å². The number of hydrogen-bond donors (Lipinski definition) is 0. The van der Waals surface area contributed by atoms with Gasteiger partial charge in [-0.3, -0.25) is 4.79 Å². The first kappa shape index (κ1) is 14.3. The van der Waals surface area contributed by atoms with Crippen LogP contribution in [-0.4, -0.2) is 17.4 Å². The van der Waals surface area contributed by atoms with E-state index in [1.54, 1.807) is 19.1 Å². The highest BCUT2D eigenvalue weighted by molar-refractivity contribution is 5.77. The maximum Gasteiger partial charge on any atom is 0.182 e. The van der Waals surface area contributed by atoms with Crippen molar-refractivity contribution in [3.63, 3.8) is 0 Å². The van der Waals surface area contributed by atoms with Crippen LogP contribution in [0.25, 0.3) is 22.6 Å². The third-order valence-electron chi connectivity index (χ3n) is 3.27. The minimum atomic E-state index is -0.117. The second kappa shape index (κ2) is 5.97. The van der Waals surface area contributed by atoms with Crippen LogP contribution in [0, 0.1) is 0 Å². The number of benzene rings is 2. The van der Waals surface area contributed by atoms with Crippen LogP contribution >= 0.6 is 0 Å². The Balaban J connectivity index is 1.86. The fourth-order valence-corrected chi connectivity index (χ4v) is 2.19. The maximum absolute atomic E-state index is 11.4. The highest BCUT2D eigenvalue weighted by Gasteiger charge is 2.09. The zero-order valence-electron chi connectivity index (χ0n) is 12.2. The summed E-state index contributed by atoms with van der Waals surface area (Å²) in [4.78, 5) is 26.7. The van der Waals surface area contributed by atoms with Gasteiger partial charge in [0.15, 0.2) is 16.8 Å². The van der Waals surface area contributed by atoms with Gasteiger partial charge in [0, 0.05) is 18.6 Å². The normalized spacial score (nSPS) is 11.0. The molecule has 2 aliphatic rings. The number of carbonyl (C=O) groups is 1. The first-order chi connectivity index (χ1) is 10.6. The van der Waals surface area contributed by atoms with Gasteiger partial charge >= 0.3 is 0 Å². The molecule has 1 heterocycles. The van der Waals surface area contributed by atoms with Crippen molar-refractivity contribution in [2.45, 2.75) is 19.8 Å². The van der Waals surface area contributed by atoms with Gasteiger partial charge in [-0.15, -0.1) is 0 Å². The average molecular weight is 297 g/mol. The summed E-state index contributed by atoms with van der Waals surface area (Å²) in [6.07, 6.45) is 1.19. The van der Waals surface area contributed by atoms with Crippen LogP contribution in [0.1, 0.15) is 19.8 Å².